The Labute approximate surface area is 167 Å². The van der Waals surface area contributed by atoms with Crippen LogP contribution in [0.5, 0.6) is 0 Å². The number of aliphatic hydroxyl groups excluding tert-OH is 1. The molecule has 4 rings (SSSR count). The topological polar surface area (TPSA) is 71.5 Å². The molecule has 160 valence electrons. The molecule has 0 spiro atoms. The number of aliphatic hydroxyl groups is 1. The van der Waals surface area contributed by atoms with Gasteiger partial charge in [-0.2, -0.15) is 17.6 Å². The summed E-state index contributed by atoms with van der Waals surface area (Å²) in [4.78, 5) is 16.7. The molecule has 1 aromatic carbocycles. The summed E-state index contributed by atoms with van der Waals surface area (Å²) in [6.45, 7) is 0. The number of halogens is 5. The molecule has 30 heavy (non-hydrogen) atoms. The maximum absolute atomic E-state index is 13.5. The molecule has 2 bridgehead atoms. The van der Waals surface area contributed by atoms with Gasteiger partial charge in [0, 0.05) is 18.3 Å². The van der Waals surface area contributed by atoms with Crippen molar-refractivity contribution in [2.24, 2.45) is 5.41 Å². The van der Waals surface area contributed by atoms with Crippen molar-refractivity contribution in [1.29, 1.82) is 0 Å². The summed E-state index contributed by atoms with van der Waals surface area (Å²) in [6.07, 6.45) is -5.41. The average Bonchev–Trinajstić information content (AvgIpc) is 3.19. The third-order valence-corrected chi connectivity index (χ3v) is 5.70. The first-order chi connectivity index (χ1) is 14.1. The number of rotatable bonds is 4. The first-order valence-electron chi connectivity index (χ1n) is 9.21. The van der Waals surface area contributed by atoms with Gasteiger partial charge >= 0.3 is 6.18 Å². The molecule has 2 aliphatic heterocycles. The van der Waals surface area contributed by atoms with Crippen LogP contribution in [0.15, 0.2) is 36.5 Å². The summed E-state index contributed by atoms with van der Waals surface area (Å²) in [5.41, 5.74) is -2.49. The minimum Gasteiger partial charge on any atom is -0.390 e. The molecule has 2 aliphatic rings. The predicted octanol–water partition coefficient (Wildman–Crippen LogP) is 3.47. The van der Waals surface area contributed by atoms with Crippen LogP contribution in [0, 0.1) is 17.2 Å². The number of hydrogen-bond acceptors (Lipinski definition) is 4. The van der Waals surface area contributed by atoms with Gasteiger partial charge in [0.05, 0.1) is 29.3 Å². The zero-order valence-electron chi connectivity index (χ0n) is 15.4. The Morgan fingerprint density at radius 1 is 1.27 bits per heavy atom. The van der Waals surface area contributed by atoms with Crippen molar-refractivity contribution in [3.8, 4) is 0 Å². The second-order valence-corrected chi connectivity index (χ2v) is 7.64. The number of fused-ring (bicyclic) bond motifs is 2. The molecule has 4 atom stereocenters. The molecule has 0 radical (unpaired) electrons. The number of amides is 1. The fourth-order valence-electron chi connectivity index (χ4n) is 4.26. The number of ether oxygens (including phenoxy) is 1. The zero-order valence-corrected chi connectivity index (χ0v) is 15.4. The maximum atomic E-state index is 13.5. The molecule has 3 heterocycles. The highest BCUT2D eigenvalue weighted by molar-refractivity contribution is 5.96. The minimum absolute atomic E-state index is 0.0412. The lowest BCUT2D eigenvalue weighted by Crippen LogP contribution is -2.48. The number of nitrogens with zero attached hydrogens (tertiary/aromatic N) is 1. The Kier molecular flexibility index (Phi) is 5.01. The normalized spacial score (nSPS) is 28.0. The number of nitrogens with one attached hydrogen (secondary N) is 1. The van der Waals surface area contributed by atoms with Crippen molar-refractivity contribution in [2.75, 3.05) is 5.32 Å². The van der Waals surface area contributed by atoms with Crippen LogP contribution >= 0.6 is 0 Å². The molecule has 2 aromatic rings. The van der Waals surface area contributed by atoms with Crippen molar-refractivity contribution >= 4 is 11.6 Å². The van der Waals surface area contributed by atoms with E-state index in [1.807, 2.05) is 0 Å². The number of carbonyl (C=O) groups is 1. The Morgan fingerprint density at radius 2 is 2.03 bits per heavy atom. The number of aromatic nitrogens is 1. The van der Waals surface area contributed by atoms with Crippen molar-refractivity contribution in [3.63, 3.8) is 0 Å². The Balaban J connectivity index is 1.65. The van der Waals surface area contributed by atoms with Crippen molar-refractivity contribution in [2.45, 2.75) is 43.8 Å². The van der Waals surface area contributed by atoms with Crippen LogP contribution in [0.2, 0.25) is 0 Å². The van der Waals surface area contributed by atoms with E-state index in [1.165, 1.54) is 12.3 Å². The van der Waals surface area contributed by atoms with E-state index in [0.29, 0.717) is 17.7 Å². The predicted molar refractivity (Wildman–Crippen MR) is 94.3 cm³/mol. The second kappa shape index (κ2) is 7.28. The summed E-state index contributed by atoms with van der Waals surface area (Å²) in [5.74, 6) is -2.83. The second-order valence-electron chi connectivity index (χ2n) is 7.64. The molecule has 2 fully saturated rings. The van der Waals surface area contributed by atoms with Crippen molar-refractivity contribution in [1.82, 2.24) is 4.98 Å². The molecule has 10 heteroatoms. The van der Waals surface area contributed by atoms with Crippen molar-refractivity contribution < 1.29 is 36.6 Å². The van der Waals surface area contributed by atoms with Crippen LogP contribution in [0.1, 0.15) is 24.0 Å². The van der Waals surface area contributed by atoms with Gasteiger partial charge in [-0.15, -0.1) is 0 Å². The quantitative estimate of drug-likeness (QED) is 0.578. The fourth-order valence-corrected chi connectivity index (χ4v) is 4.26. The summed E-state index contributed by atoms with van der Waals surface area (Å²) in [7, 11) is 0. The SMILES string of the molecule is O=C(Nc1ccc(F)c(C(F)(F)F)c1)[C@@]1(Cc2ccnc(F)c2)C[C@H]2O[C@@H]1C[C@@H]2O. The molecule has 0 saturated carbocycles. The van der Waals surface area contributed by atoms with E-state index >= 15 is 0 Å². The zero-order chi connectivity index (χ0) is 21.7. The first kappa shape index (κ1) is 20.7. The molecule has 2 saturated heterocycles. The largest absolute Gasteiger partial charge is 0.419 e. The Morgan fingerprint density at radius 3 is 2.63 bits per heavy atom. The average molecular weight is 428 g/mol. The third-order valence-electron chi connectivity index (χ3n) is 5.70. The van der Waals surface area contributed by atoms with Gasteiger partial charge in [0.15, 0.2) is 0 Å². The fraction of sp³-hybridized carbons (Fsp3) is 0.400. The number of anilines is 1. The number of benzene rings is 1. The summed E-state index contributed by atoms with van der Waals surface area (Å²) in [6, 6.07) is 4.88. The highest BCUT2D eigenvalue weighted by Gasteiger charge is 2.60. The van der Waals surface area contributed by atoms with Gasteiger partial charge in [-0.05, 0) is 48.7 Å². The van der Waals surface area contributed by atoms with Gasteiger partial charge in [0.1, 0.15) is 5.82 Å². The summed E-state index contributed by atoms with van der Waals surface area (Å²) < 4.78 is 71.8. The molecular formula is C20H17F5N2O3. The van der Waals surface area contributed by atoms with Crippen LogP contribution in [-0.4, -0.2) is 34.3 Å². The van der Waals surface area contributed by atoms with Crippen LogP contribution < -0.4 is 5.32 Å². The number of carbonyl (C=O) groups excluding carboxylic acids is 1. The van der Waals surface area contributed by atoms with Gasteiger partial charge in [0.2, 0.25) is 11.9 Å². The summed E-state index contributed by atoms with van der Waals surface area (Å²) >= 11 is 0. The van der Waals surface area contributed by atoms with Gasteiger partial charge < -0.3 is 15.2 Å². The molecule has 1 amide bonds. The lowest BCUT2D eigenvalue weighted by atomic mass is 9.68. The van der Waals surface area contributed by atoms with Gasteiger partial charge in [-0.25, -0.2) is 9.37 Å². The van der Waals surface area contributed by atoms with E-state index < -0.39 is 53.1 Å². The number of alkyl halides is 3. The summed E-state index contributed by atoms with van der Waals surface area (Å²) in [5, 5.41) is 12.4. The van der Waals surface area contributed by atoms with Crippen LogP contribution in [0.3, 0.4) is 0 Å². The van der Waals surface area contributed by atoms with E-state index in [2.05, 4.69) is 10.3 Å². The van der Waals surface area contributed by atoms with E-state index in [-0.39, 0.29) is 24.9 Å². The van der Waals surface area contributed by atoms with Crippen LogP contribution in [0.4, 0.5) is 27.6 Å². The Bertz CT molecular complexity index is 981. The molecule has 0 unspecified atom stereocenters. The molecule has 2 N–H and O–H groups in total. The smallest absolute Gasteiger partial charge is 0.390 e. The highest BCUT2D eigenvalue weighted by atomic mass is 19.4. The minimum atomic E-state index is -4.92. The van der Waals surface area contributed by atoms with Crippen LogP contribution in [0.25, 0.3) is 0 Å². The molecule has 0 aliphatic carbocycles. The number of pyridine rings is 1. The Hall–Kier alpha value is -2.59. The van der Waals surface area contributed by atoms with Gasteiger partial charge in [-0.1, -0.05) is 0 Å². The van der Waals surface area contributed by atoms with Crippen LogP contribution in [-0.2, 0) is 22.1 Å². The standard InChI is InChI=1S/C20H17F5N2O3/c21-13-2-1-11(6-12(13)20(23,24)25)27-18(29)19(8-10-3-4-26-17(22)5-10)9-15-14(28)7-16(19)30-15/h1-6,14-16,28H,7-9H2,(H,27,29)/t14-,15+,16+,19-/m0/s1. The van der Waals surface area contributed by atoms with E-state index in [9.17, 15) is 31.9 Å². The first-order valence-corrected chi connectivity index (χ1v) is 9.21. The lowest BCUT2D eigenvalue weighted by Gasteiger charge is -2.35. The third kappa shape index (κ3) is 3.65. The van der Waals surface area contributed by atoms with E-state index in [4.69, 9.17) is 4.74 Å². The molecule has 1 aromatic heterocycles. The lowest BCUT2D eigenvalue weighted by molar-refractivity contribution is -0.140. The monoisotopic (exact) mass is 428 g/mol. The van der Waals surface area contributed by atoms with Gasteiger partial charge in [-0.3, -0.25) is 4.79 Å². The van der Waals surface area contributed by atoms with E-state index in [0.717, 1.165) is 12.1 Å². The van der Waals surface area contributed by atoms with Gasteiger partial charge in [0.25, 0.3) is 0 Å². The maximum Gasteiger partial charge on any atom is 0.419 e. The van der Waals surface area contributed by atoms with E-state index in [1.54, 1.807) is 0 Å². The molecular weight excluding hydrogens is 411 g/mol. The molecule has 5 nitrogen and oxygen atoms in total. The highest BCUT2D eigenvalue weighted by Crippen LogP contribution is 2.50. The van der Waals surface area contributed by atoms with Crippen molar-refractivity contribution in [3.05, 3.63) is 59.4 Å². The number of hydrogen-bond donors (Lipinski definition) is 2.